The zero-order chi connectivity index (χ0) is 11.7. The van der Waals surface area contributed by atoms with Crippen LogP contribution in [0.3, 0.4) is 0 Å². The molecule has 1 aromatic heterocycles. The highest BCUT2D eigenvalue weighted by Gasteiger charge is 2.34. The summed E-state index contributed by atoms with van der Waals surface area (Å²) in [5.41, 5.74) is 0.276. The lowest BCUT2D eigenvalue weighted by molar-refractivity contribution is 0.238. The first-order valence-electron chi connectivity index (χ1n) is 6.90. The van der Waals surface area contributed by atoms with Gasteiger partial charge in [-0.3, -0.25) is 0 Å². The van der Waals surface area contributed by atoms with Gasteiger partial charge in [0.15, 0.2) is 0 Å². The quantitative estimate of drug-likeness (QED) is 0.867. The van der Waals surface area contributed by atoms with E-state index in [-0.39, 0.29) is 5.54 Å². The largest absolute Gasteiger partial charge is 0.314 e. The molecule has 1 aromatic rings. The minimum absolute atomic E-state index is 0.276. The fourth-order valence-electron chi connectivity index (χ4n) is 3.10. The van der Waals surface area contributed by atoms with E-state index >= 15 is 0 Å². The van der Waals surface area contributed by atoms with Crippen LogP contribution in [0.15, 0.2) is 6.33 Å². The topological polar surface area (TPSA) is 42.7 Å². The summed E-state index contributed by atoms with van der Waals surface area (Å²) in [6.45, 7) is 0. The average Bonchev–Trinajstić information content (AvgIpc) is 3.12. The minimum atomic E-state index is 0.276. The van der Waals surface area contributed by atoms with Gasteiger partial charge in [0.05, 0.1) is 0 Å². The molecule has 2 saturated carbocycles. The fraction of sp³-hybridized carbons (Fsp3) is 0.846. The normalized spacial score (nSPS) is 23.8. The molecule has 0 amide bonds. The van der Waals surface area contributed by atoms with E-state index in [0.29, 0.717) is 6.04 Å². The molecule has 1 N–H and O–H groups in total. The Morgan fingerprint density at radius 2 is 2.12 bits per heavy atom. The number of hydrogen-bond acceptors (Lipinski definition) is 3. The summed E-state index contributed by atoms with van der Waals surface area (Å²) in [7, 11) is 2.10. The lowest BCUT2D eigenvalue weighted by atomic mass is 9.79. The molecule has 94 valence electrons. The Morgan fingerprint density at radius 3 is 2.76 bits per heavy atom. The van der Waals surface area contributed by atoms with Crippen molar-refractivity contribution in [1.29, 1.82) is 0 Å². The maximum Gasteiger partial charge on any atom is 0.134 e. The summed E-state index contributed by atoms with van der Waals surface area (Å²) >= 11 is 0. The van der Waals surface area contributed by atoms with Crippen molar-refractivity contribution in [3.8, 4) is 0 Å². The molecule has 0 radical (unpaired) electrons. The summed E-state index contributed by atoms with van der Waals surface area (Å²) in [5.74, 6) is 1.18. The number of nitrogens with one attached hydrogen (secondary N) is 1. The predicted molar refractivity (Wildman–Crippen MR) is 66.9 cm³/mol. The number of nitrogens with zero attached hydrogens (tertiary/aromatic N) is 3. The molecule has 0 aromatic carbocycles. The molecule has 1 heterocycles. The van der Waals surface area contributed by atoms with Gasteiger partial charge in [-0.2, -0.15) is 0 Å². The number of rotatable bonds is 4. The van der Waals surface area contributed by atoms with Crippen LogP contribution in [0.4, 0.5) is 0 Å². The van der Waals surface area contributed by atoms with Crippen LogP contribution in [-0.4, -0.2) is 27.4 Å². The lowest BCUT2D eigenvalue weighted by Crippen LogP contribution is -2.47. The van der Waals surface area contributed by atoms with Gasteiger partial charge in [0.25, 0.3) is 0 Å². The van der Waals surface area contributed by atoms with Crippen molar-refractivity contribution in [3.05, 3.63) is 12.2 Å². The molecule has 0 unspecified atom stereocenters. The summed E-state index contributed by atoms with van der Waals surface area (Å²) in [5, 5.41) is 12.0. The molecule has 0 saturated heterocycles. The van der Waals surface area contributed by atoms with Crippen molar-refractivity contribution in [2.75, 3.05) is 7.05 Å². The summed E-state index contributed by atoms with van der Waals surface area (Å²) < 4.78 is 2.30. The van der Waals surface area contributed by atoms with Crippen LogP contribution in [0.1, 0.15) is 56.8 Å². The highest BCUT2D eigenvalue weighted by molar-refractivity contribution is 5.03. The van der Waals surface area contributed by atoms with Crippen molar-refractivity contribution in [1.82, 2.24) is 20.1 Å². The van der Waals surface area contributed by atoms with Crippen LogP contribution in [-0.2, 0) is 6.42 Å². The second-order valence-corrected chi connectivity index (χ2v) is 5.65. The van der Waals surface area contributed by atoms with E-state index in [1.165, 1.54) is 50.8 Å². The Bertz CT molecular complexity index is 375. The van der Waals surface area contributed by atoms with E-state index in [2.05, 4.69) is 27.1 Å². The van der Waals surface area contributed by atoms with Crippen molar-refractivity contribution in [2.24, 2.45) is 0 Å². The first kappa shape index (κ1) is 11.2. The molecule has 2 fully saturated rings. The van der Waals surface area contributed by atoms with Gasteiger partial charge >= 0.3 is 0 Å². The third-order valence-electron chi connectivity index (χ3n) is 4.43. The van der Waals surface area contributed by atoms with E-state index in [4.69, 9.17) is 0 Å². The van der Waals surface area contributed by atoms with E-state index in [1.54, 1.807) is 0 Å². The molecule has 0 spiro atoms. The van der Waals surface area contributed by atoms with E-state index in [9.17, 15) is 0 Å². The molecule has 3 rings (SSSR count). The average molecular weight is 234 g/mol. The maximum absolute atomic E-state index is 4.34. The third kappa shape index (κ3) is 2.23. The Kier molecular flexibility index (Phi) is 2.90. The van der Waals surface area contributed by atoms with Gasteiger partial charge in [0.2, 0.25) is 0 Å². The van der Waals surface area contributed by atoms with E-state index in [0.717, 1.165) is 6.42 Å². The van der Waals surface area contributed by atoms with E-state index < -0.39 is 0 Å². The van der Waals surface area contributed by atoms with Crippen LogP contribution >= 0.6 is 0 Å². The molecule has 4 nitrogen and oxygen atoms in total. The molecule has 0 atom stereocenters. The summed E-state index contributed by atoms with van der Waals surface area (Å²) in [6, 6.07) is 0.692. The molecule has 0 aliphatic heterocycles. The Labute approximate surface area is 103 Å². The van der Waals surface area contributed by atoms with Gasteiger partial charge in [-0.1, -0.05) is 19.3 Å². The highest BCUT2D eigenvalue weighted by atomic mass is 15.3. The lowest BCUT2D eigenvalue weighted by Gasteiger charge is -2.37. The van der Waals surface area contributed by atoms with Crippen molar-refractivity contribution < 1.29 is 0 Å². The third-order valence-corrected chi connectivity index (χ3v) is 4.43. The second kappa shape index (κ2) is 4.41. The van der Waals surface area contributed by atoms with Gasteiger partial charge in [-0.15, -0.1) is 10.2 Å². The molecular formula is C13H22N4. The van der Waals surface area contributed by atoms with Gasteiger partial charge < -0.3 is 9.88 Å². The van der Waals surface area contributed by atoms with Gasteiger partial charge in [-0.25, -0.2) is 0 Å². The highest BCUT2D eigenvalue weighted by Crippen LogP contribution is 2.37. The van der Waals surface area contributed by atoms with Gasteiger partial charge in [-0.05, 0) is 32.7 Å². The van der Waals surface area contributed by atoms with Crippen molar-refractivity contribution in [2.45, 2.75) is 62.9 Å². The molecule has 2 aliphatic rings. The van der Waals surface area contributed by atoms with Gasteiger partial charge in [0, 0.05) is 18.0 Å². The van der Waals surface area contributed by atoms with Crippen LogP contribution in [0.5, 0.6) is 0 Å². The zero-order valence-corrected chi connectivity index (χ0v) is 10.7. The Hall–Kier alpha value is -0.900. The Morgan fingerprint density at radius 1 is 1.35 bits per heavy atom. The molecule has 2 aliphatic carbocycles. The Balaban J connectivity index is 1.77. The van der Waals surface area contributed by atoms with Crippen LogP contribution in [0.25, 0.3) is 0 Å². The first-order valence-corrected chi connectivity index (χ1v) is 6.90. The van der Waals surface area contributed by atoms with Crippen molar-refractivity contribution >= 4 is 0 Å². The van der Waals surface area contributed by atoms with E-state index in [1.807, 2.05) is 6.33 Å². The molecular weight excluding hydrogens is 212 g/mol. The molecule has 0 bridgehead atoms. The second-order valence-electron chi connectivity index (χ2n) is 5.65. The summed E-state index contributed by atoms with van der Waals surface area (Å²) in [6.07, 6.45) is 12.2. The number of likely N-dealkylation sites (N-methyl/N-ethyl adjacent to an activating group) is 1. The number of hydrogen-bond donors (Lipinski definition) is 1. The van der Waals surface area contributed by atoms with Crippen LogP contribution < -0.4 is 5.32 Å². The predicted octanol–water partition coefficient (Wildman–Crippen LogP) is 2.08. The van der Waals surface area contributed by atoms with Crippen molar-refractivity contribution in [3.63, 3.8) is 0 Å². The number of aromatic nitrogens is 3. The first-order chi connectivity index (χ1) is 8.33. The van der Waals surface area contributed by atoms with Crippen LogP contribution in [0.2, 0.25) is 0 Å². The molecule has 4 heteroatoms. The van der Waals surface area contributed by atoms with Gasteiger partial charge in [0.1, 0.15) is 12.2 Å². The minimum Gasteiger partial charge on any atom is -0.314 e. The summed E-state index contributed by atoms with van der Waals surface area (Å²) in [4.78, 5) is 0. The SMILES string of the molecule is CNC1(Cc2nncn2C2CC2)CCCCC1. The smallest absolute Gasteiger partial charge is 0.134 e. The standard InChI is InChI=1S/C13H22N4/c1-14-13(7-3-2-4-8-13)9-12-16-15-10-17(12)11-5-6-11/h10-11,14H,2-9H2,1H3. The fourth-order valence-corrected chi connectivity index (χ4v) is 3.10. The zero-order valence-electron chi connectivity index (χ0n) is 10.7. The maximum atomic E-state index is 4.34. The molecule has 17 heavy (non-hydrogen) atoms. The van der Waals surface area contributed by atoms with Crippen LogP contribution in [0, 0.1) is 0 Å². The monoisotopic (exact) mass is 234 g/mol.